The van der Waals surface area contributed by atoms with E-state index in [9.17, 15) is 9.59 Å². The zero-order valence-corrected chi connectivity index (χ0v) is 21.0. The summed E-state index contributed by atoms with van der Waals surface area (Å²) in [5.41, 5.74) is 4.79. The van der Waals surface area contributed by atoms with E-state index in [-0.39, 0.29) is 0 Å². The van der Waals surface area contributed by atoms with Crippen LogP contribution in [-0.2, 0) is 19.1 Å². The highest BCUT2D eigenvalue weighted by atomic mass is 32.1. The van der Waals surface area contributed by atoms with Crippen LogP contribution in [0.4, 0.5) is 0 Å². The second kappa shape index (κ2) is 10.2. The Bertz CT molecular complexity index is 1340. The molecule has 3 aromatic rings. The van der Waals surface area contributed by atoms with Crippen molar-refractivity contribution in [2.45, 2.75) is 19.8 Å². The summed E-state index contributed by atoms with van der Waals surface area (Å²) in [7, 11) is 4.29. The maximum Gasteiger partial charge on any atom is 0.336 e. The third-order valence-corrected chi connectivity index (χ3v) is 6.96. The van der Waals surface area contributed by atoms with Gasteiger partial charge in [-0.25, -0.2) is 9.78 Å². The monoisotopic (exact) mass is 490 g/mol. The predicted octanol–water partition coefficient (Wildman–Crippen LogP) is 5.28. The molecule has 0 aliphatic carbocycles. The summed E-state index contributed by atoms with van der Waals surface area (Å²) in [5.74, 6) is -1.64. The maximum atomic E-state index is 12.9. The van der Waals surface area contributed by atoms with Crippen molar-refractivity contribution >= 4 is 29.0 Å². The molecule has 1 aliphatic rings. The van der Waals surface area contributed by atoms with Gasteiger partial charge >= 0.3 is 11.9 Å². The van der Waals surface area contributed by atoms with Crippen molar-refractivity contribution in [3.05, 3.63) is 70.7 Å². The standard InChI is InChI=1S/C27H26N2O5S/c1-15-22(26(30)33-4)24(23(16(2)28-15)27(31)34-5)19-11-6-7-12-20(19)25-29-21(14-35-25)17-9-8-10-18(13-17)32-3/h6-14,22,24H,1-5H3. The number of methoxy groups -OCH3 is 3. The van der Waals surface area contributed by atoms with Gasteiger partial charge in [0.2, 0.25) is 0 Å². The van der Waals surface area contributed by atoms with Crippen molar-refractivity contribution in [1.82, 2.24) is 4.98 Å². The van der Waals surface area contributed by atoms with Crippen LogP contribution in [0.5, 0.6) is 5.75 Å². The van der Waals surface area contributed by atoms with E-state index >= 15 is 0 Å². The van der Waals surface area contributed by atoms with Gasteiger partial charge in [-0.15, -0.1) is 11.3 Å². The van der Waals surface area contributed by atoms with Gasteiger partial charge in [-0.2, -0.15) is 0 Å². The smallest absolute Gasteiger partial charge is 0.336 e. The molecule has 8 heteroatoms. The van der Waals surface area contributed by atoms with Crippen LogP contribution in [0, 0.1) is 5.92 Å². The van der Waals surface area contributed by atoms with E-state index in [1.165, 1.54) is 25.6 Å². The molecule has 0 bridgehead atoms. The zero-order chi connectivity index (χ0) is 25.1. The summed E-state index contributed by atoms with van der Waals surface area (Å²) in [6.45, 7) is 3.53. The van der Waals surface area contributed by atoms with Gasteiger partial charge in [-0.1, -0.05) is 36.4 Å². The summed E-state index contributed by atoms with van der Waals surface area (Å²) in [6, 6.07) is 15.4. The Morgan fingerprint density at radius 1 is 0.971 bits per heavy atom. The number of aliphatic imine (C=N–C) groups is 1. The average Bonchev–Trinajstić information content (AvgIpc) is 3.38. The van der Waals surface area contributed by atoms with E-state index in [1.54, 1.807) is 21.0 Å². The molecular weight excluding hydrogens is 464 g/mol. The zero-order valence-electron chi connectivity index (χ0n) is 20.2. The molecule has 0 saturated carbocycles. The van der Waals surface area contributed by atoms with Gasteiger partial charge in [0.25, 0.3) is 0 Å². The number of thiazole rings is 1. The van der Waals surface area contributed by atoms with E-state index in [0.717, 1.165) is 33.1 Å². The first kappa shape index (κ1) is 24.3. The molecule has 2 aromatic carbocycles. The first-order valence-electron chi connectivity index (χ1n) is 11.0. The van der Waals surface area contributed by atoms with E-state index in [1.807, 2.05) is 53.9 Å². The molecule has 0 fully saturated rings. The number of hydrogen-bond donors (Lipinski definition) is 0. The van der Waals surface area contributed by atoms with Gasteiger partial charge in [0, 0.05) is 33.8 Å². The molecule has 1 aromatic heterocycles. The minimum absolute atomic E-state index is 0.338. The van der Waals surface area contributed by atoms with Gasteiger partial charge in [-0.05, 0) is 31.5 Å². The molecule has 4 rings (SSSR count). The molecule has 0 spiro atoms. The highest BCUT2D eigenvalue weighted by Crippen LogP contribution is 2.44. The number of benzene rings is 2. The molecule has 1 aliphatic heterocycles. The van der Waals surface area contributed by atoms with Crippen LogP contribution >= 0.6 is 11.3 Å². The van der Waals surface area contributed by atoms with Crippen LogP contribution in [0.15, 0.2) is 70.2 Å². The van der Waals surface area contributed by atoms with Gasteiger partial charge < -0.3 is 14.2 Å². The van der Waals surface area contributed by atoms with Gasteiger partial charge in [0.05, 0.1) is 32.6 Å². The second-order valence-electron chi connectivity index (χ2n) is 8.08. The van der Waals surface area contributed by atoms with E-state index in [4.69, 9.17) is 19.2 Å². The number of carbonyl (C=O) groups excluding carboxylic acids is 2. The topological polar surface area (TPSA) is 87.1 Å². The fourth-order valence-corrected chi connectivity index (χ4v) is 5.33. The summed E-state index contributed by atoms with van der Waals surface area (Å²) < 4.78 is 15.6. The number of carbonyl (C=O) groups is 2. The molecule has 0 amide bonds. The van der Waals surface area contributed by atoms with Crippen LogP contribution in [0.3, 0.4) is 0 Å². The summed E-state index contributed by atoms with van der Waals surface area (Å²) in [4.78, 5) is 35.2. The molecule has 180 valence electrons. The summed E-state index contributed by atoms with van der Waals surface area (Å²) in [6.07, 6.45) is 0. The van der Waals surface area contributed by atoms with Crippen LogP contribution < -0.4 is 4.74 Å². The first-order chi connectivity index (χ1) is 16.9. The first-order valence-corrected chi connectivity index (χ1v) is 11.9. The minimum Gasteiger partial charge on any atom is -0.497 e. The van der Waals surface area contributed by atoms with Crippen molar-refractivity contribution in [2.75, 3.05) is 21.3 Å². The van der Waals surface area contributed by atoms with Crippen molar-refractivity contribution in [2.24, 2.45) is 10.9 Å². The minimum atomic E-state index is -0.767. The fourth-order valence-electron chi connectivity index (χ4n) is 4.46. The second-order valence-corrected chi connectivity index (χ2v) is 8.94. The van der Waals surface area contributed by atoms with Crippen molar-refractivity contribution in [1.29, 1.82) is 0 Å². The molecule has 7 nitrogen and oxygen atoms in total. The van der Waals surface area contributed by atoms with Gasteiger partial charge in [-0.3, -0.25) is 9.79 Å². The van der Waals surface area contributed by atoms with Crippen LogP contribution in [-0.4, -0.2) is 44.0 Å². The van der Waals surface area contributed by atoms with Crippen LogP contribution in [0.2, 0.25) is 0 Å². The third-order valence-electron chi connectivity index (χ3n) is 6.08. The van der Waals surface area contributed by atoms with Crippen molar-refractivity contribution in [3.63, 3.8) is 0 Å². The Balaban J connectivity index is 1.87. The van der Waals surface area contributed by atoms with Gasteiger partial charge in [0.1, 0.15) is 16.7 Å². The number of allylic oxidation sites excluding steroid dienone is 1. The van der Waals surface area contributed by atoms with E-state index < -0.39 is 23.8 Å². The lowest BCUT2D eigenvalue weighted by molar-refractivity contribution is -0.143. The number of rotatable bonds is 6. The number of ether oxygens (including phenoxy) is 3. The number of aromatic nitrogens is 1. The molecule has 0 radical (unpaired) electrons. The lowest BCUT2D eigenvalue weighted by atomic mass is 9.74. The highest BCUT2D eigenvalue weighted by molar-refractivity contribution is 7.13. The number of hydrogen-bond acceptors (Lipinski definition) is 8. The molecule has 0 N–H and O–H groups in total. The van der Waals surface area contributed by atoms with Crippen molar-refractivity contribution in [3.8, 4) is 27.6 Å². The highest BCUT2D eigenvalue weighted by Gasteiger charge is 2.43. The largest absolute Gasteiger partial charge is 0.497 e. The lowest BCUT2D eigenvalue weighted by Crippen LogP contribution is -2.36. The molecule has 2 unspecified atom stereocenters. The molecule has 0 saturated heterocycles. The quantitative estimate of drug-likeness (QED) is 0.437. The SMILES string of the molecule is COC(=O)C1=C(C)N=C(C)C(C(=O)OC)C1c1ccccc1-c1nc(-c2cccc(OC)c2)cs1. The Kier molecular flexibility index (Phi) is 7.12. The normalized spacial score (nSPS) is 17.6. The van der Waals surface area contributed by atoms with Crippen molar-refractivity contribution < 1.29 is 23.8 Å². The van der Waals surface area contributed by atoms with Gasteiger partial charge in [0.15, 0.2) is 0 Å². The van der Waals surface area contributed by atoms with Crippen LogP contribution in [0.25, 0.3) is 21.8 Å². The average molecular weight is 491 g/mol. The molecule has 2 atom stereocenters. The Morgan fingerprint density at radius 3 is 2.46 bits per heavy atom. The molecular formula is C27H26N2O5S. The maximum absolute atomic E-state index is 12.9. The Hall–Kier alpha value is -3.78. The third kappa shape index (κ3) is 4.61. The predicted molar refractivity (Wildman–Crippen MR) is 136 cm³/mol. The summed E-state index contributed by atoms with van der Waals surface area (Å²) in [5, 5.41) is 2.75. The number of esters is 2. The van der Waals surface area contributed by atoms with Crippen LogP contribution in [0.1, 0.15) is 25.3 Å². The van der Waals surface area contributed by atoms with E-state index in [2.05, 4.69) is 4.99 Å². The Labute approximate surface area is 208 Å². The lowest BCUT2D eigenvalue weighted by Gasteiger charge is -2.32. The van der Waals surface area contributed by atoms with E-state index in [0.29, 0.717) is 17.0 Å². The molecule has 2 heterocycles. The fraction of sp³-hybridized carbons (Fsp3) is 0.259. The number of nitrogens with zero attached hydrogens (tertiary/aromatic N) is 2. The Morgan fingerprint density at radius 2 is 1.74 bits per heavy atom. The molecule has 35 heavy (non-hydrogen) atoms. The summed E-state index contributed by atoms with van der Waals surface area (Å²) >= 11 is 1.49.